The average molecular weight is 392 g/mol. The van der Waals surface area contributed by atoms with Gasteiger partial charge in [-0.3, -0.25) is 4.79 Å². The van der Waals surface area contributed by atoms with E-state index in [9.17, 15) is 17.6 Å². The van der Waals surface area contributed by atoms with Crippen molar-refractivity contribution >= 4 is 15.9 Å². The molecule has 2 rings (SSSR count). The van der Waals surface area contributed by atoms with Gasteiger partial charge in [-0.05, 0) is 42.2 Å². The monoisotopic (exact) mass is 392 g/mol. The molecule has 1 atom stereocenters. The van der Waals surface area contributed by atoms with E-state index in [1.807, 2.05) is 30.3 Å². The maximum atomic E-state index is 13.0. The highest BCUT2D eigenvalue weighted by Gasteiger charge is 2.24. The summed E-state index contributed by atoms with van der Waals surface area (Å²) in [5, 5.41) is 2.92. The number of benzene rings is 2. The number of hydrogen-bond acceptors (Lipinski definition) is 3. The molecule has 2 aromatic rings. The molecule has 2 aromatic carbocycles. The van der Waals surface area contributed by atoms with Gasteiger partial charge in [0.1, 0.15) is 5.82 Å². The van der Waals surface area contributed by atoms with Crippen molar-refractivity contribution in [2.75, 3.05) is 13.6 Å². The highest BCUT2D eigenvalue weighted by molar-refractivity contribution is 7.89. The van der Waals surface area contributed by atoms with Crippen molar-refractivity contribution in [3.05, 3.63) is 66.0 Å². The molecule has 0 aromatic heterocycles. The predicted octanol–water partition coefficient (Wildman–Crippen LogP) is 3.35. The summed E-state index contributed by atoms with van der Waals surface area (Å²) in [5.41, 5.74) is 0.976. The van der Waals surface area contributed by atoms with Gasteiger partial charge in [-0.25, -0.2) is 12.8 Å². The van der Waals surface area contributed by atoms with E-state index in [4.69, 9.17) is 0 Å². The Labute approximate surface area is 160 Å². The van der Waals surface area contributed by atoms with E-state index in [0.717, 1.165) is 28.4 Å². The Morgan fingerprint density at radius 2 is 1.67 bits per heavy atom. The SMILES string of the molecule is CC(C)CC(NC(=O)CN(C)S(=O)(=O)c1ccc(F)cc1)c1ccccc1. The molecule has 5 nitrogen and oxygen atoms in total. The molecule has 27 heavy (non-hydrogen) atoms. The van der Waals surface area contributed by atoms with Gasteiger partial charge in [0.2, 0.25) is 15.9 Å². The normalized spacial score (nSPS) is 13.0. The summed E-state index contributed by atoms with van der Waals surface area (Å²) in [7, 11) is -2.54. The lowest BCUT2D eigenvalue weighted by Crippen LogP contribution is -2.40. The number of rotatable bonds is 8. The number of amides is 1. The second-order valence-corrected chi connectivity index (χ2v) is 8.92. The molecule has 0 spiro atoms. The van der Waals surface area contributed by atoms with Crippen LogP contribution in [-0.4, -0.2) is 32.2 Å². The van der Waals surface area contributed by atoms with Crippen molar-refractivity contribution in [3.63, 3.8) is 0 Å². The third-order valence-electron chi connectivity index (χ3n) is 4.13. The van der Waals surface area contributed by atoms with Gasteiger partial charge < -0.3 is 5.32 Å². The van der Waals surface area contributed by atoms with Crippen LogP contribution in [0.1, 0.15) is 31.9 Å². The Bertz CT molecular complexity index is 853. The van der Waals surface area contributed by atoms with Crippen molar-refractivity contribution in [2.45, 2.75) is 31.2 Å². The van der Waals surface area contributed by atoms with Crippen LogP contribution in [0.15, 0.2) is 59.5 Å². The predicted molar refractivity (Wildman–Crippen MR) is 103 cm³/mol. The Hall–Kier alpha value is -2.25. The molecular weight excluding hydrogens is 367 g/mol. The number of likely N-dealkylation sites (N-methyl/N-ethyl adjacent to an activating group) is 1. The van der Waals surface area contributed by atoms with Crippen molar-refractivity contribution in [2.24, 2.45) is 5.92 Å². The summed E-state index contributed by atoms with van der Waals surface area (Å²) in [6.07, 6.45) is 0.740. The molecule has 0 saturated heterocycles. The minimum absolute atomic E-state index is 0.0546. The van der Waals surface area contributed by atoms with Gasteiger partial charge >= 0.3 is 0 Å². The zero-order valence-corrected chi connectivity index (χ0v) is 16.5. The fourth-order valence-electron chi connectivity index (χ4n) is 2.75. The highest BCUT2D eigenvalue weighted by atomic mass is 32.2. The van der Waals surface area contributed by atoms with Crippen LogP contribution in [0, 0.1) is 11.7 Å². The van der Waals surface area contributed by atoms with E-state index in [1.54, 1.807) is 0 Å². The van der Waals surface area contributed by atoms with E-state index >= 15 is 0 Å². The van der Waals surface area contributed by atoms with Gasteiger partial charge in [-0.2, -0.15) is 4.31 Å². The maximum absolute atomic E-state index is 13.0. The minimum Gasteiger partial charge on any atom is -0.348 e. The molecule has 146 valence electrons. The third-order valence-corrected chi connectivity index (χ3v) is 5.95. The lowest BCUT2D eigenvalue weighted by Gasteiger charge is -2.23. The third kappa shape index (κ3) is 5.87. The zero-order valence-electron chi connectivity index (χ0n) is 15.7. The summed E-state index contributed by atoms with van der Waals surface area (Å²) in [6.45, 7) is 3.81. The van der Waals surface area contributed by atoms with Crippen LogP contribution in [-0.2, 0) is 14.8 Å². The average Bonchev–Trinajstić information content (AvgIpc) is 2.61. The number of nitrogens with one attached hydrogen (secondary N) is 1. The van der Waals surface area contributed by atoms with Crippen LogP contribution in [0.2, 0.25) is 0 Å². The van der Waals surface area contributed by atoms with Crippen LogP contribution in [0.5, 0.6) is 0 Å². The smallest absolute Gasteiger partial charge is 0.243 e. The van der Waals surface area contributed by atoms with Crippen molar-refractivity contribution in [3.8, 4) is 0 Å². The maximum Gasteiger partial charge on any atom is 0.243 e. The molecule has 1 N–H and O–H groups in total. The Kier molecular flexibility index (Phi) is 7.10. The fraction of sp³-hybridized carbons (Fsp3) is 0.350. The van der Waals surface area contributed by atoms with Crippen molar-refractivity contribution in [1.29, 1.82) is 0 Å². The lowest BCUT2D eigenvalue weighted by molar-refractivity contribution is -0.122. The number of halogens is 1. The Morgan fingerprint density at radius 1 is 1.07 bits per heavy atom. The van der Waals surface area contributed by atoms with Crippen molar-refractivity contribution in [1.82, 2.24) is 9.62 Å². The van der Waals surface area contributed by atoms with Crippen LogP contribution < -0.4 is 5.32 Å². The molecule has 0 saturated carbocycles. The fourth-order valence-corrected chi connectivity index (χ4v) is 3.88. The van der Waals surface area contributed by atoms with Crippen LogP contribution in [0.3, 0.4) is 0 Å². The van der Waals surface area contributed by atoms with Gasteiger partial charge in [0, 0.05) is 7.05 Å². The summed E-state index contributed by atoms with van der Waals surface area (Å²) in [6, 6.07) is 13.9. The number of nitrogens with zero attached hydrogens (tertiary/aromatic N) is 1. The van der Waals surface area contributed by atoms with Crippen LogP contribution in [0.25, 0.3) is 0 Å². The molecule has 0 aliphatic rings. The molecule has 0 heterocycles. The van der Waals surface area contributed by atoms with E-state index in [-0.39, 0.29) is 17.5 Å². The van der Waals surface area contributed by atoms with Crippen LogP contribution in [0.4, 0.5) is 4.39 Å². The molecule has 0 fully saturated rings. The highest BCUT2D eigenvalue weighted by Crippen LogP contribution is 2.21. The zero-order chi connectivity index (χ0) is 20.0. The van der Waals surface area contributed by atoms with Crippen LogP contribution >= 0.6 is 0 Å². The lowest BCUT2D eigenvalue weighted by atomic mass is 9.97. The largest absolute Gasteiger partial charge is 0.348 e. The molecule has 1 amide bonds. The van der Waals surface area contributed by atoms with Gasteiger partial charge in [0.25, 0.3) is 0 Å². The molecular formula is C20H25FN2O3S. The van der Waals surface area contributed by atoms with Gasteiger partial charge in [-0.1, -0.05) is 44.2 Å². The first kappa shape index (κ1) is 21.1. The summed E-state index contributed by atoms with van der Waals surface area (Å²) < 4.78 is 39.1. The number of carbonyl (C=O) groups is 1. The molecule has 0 bridgehead atoms. The summed E-state index contributed by atoms with van der Waals surface area (Å²) in [5.74, 6) is -0.553. The molecule has 0 aliphatic carbocycles. The first-order chi connectivity index (χ1) is 12.7. The quantitative estimate of drug-likeness (QED) is 0.749. The minimum atomic E-state index is -3.87. The van der Waals surface area contributed by atoms with E-state index in [2.05, 4.69) is 19.2 Å². The van der Waals surface area contributed by atoms with Gasteiger partial charge in [-0.15, -0.1) is 0 Å². The first-order valence-corrected chi connectivity index (χ1v) is 10.2. The van der Waals surface area contributed by atoms with Gasteiger partial charge in [0.05, 0.1) is 17.5 Å². The van der Waals surface area contributed by atoms with E-state index in [0.29, 0.717) is 5.92 Å². The second kappa shape index (κ2) is 9.10. The molecule has 0 aliphatic heterocycles. The number of hydrogen-bond donors (Lipinski definition) is 1. The van der Waals surface area contributed by atoms with Gasteiger partial charge in [0.15, 0.2) is 0 Å². The van der Waals surface area contributed by atoms with Crippen molar-refractivity contribution < 1.29 is 17.6 Å². The summed E-state index contributed by atoms with van der Waals surface area (Å²) >= 11 is 0. The second-order valence-electron chi connectivity index (χ2n) is 6.88. The molecule has 1 unspecified atom stereocenters. The topological polar surface area (TPSA) is 66.5 Å². The summed E-state index contributed by atoms with van der Waals surface area (Å²) in [4.78, 5) is 12.4. The number of sulfonamides is 1. The van der Waals surface area contributed by atoms with E-state index in [1.165, 1.54) is 19.2 Å². The Morgan fingerprint density at radius 3 is 2.22 bits per heavy atom. The first-order valence-electron chi connectivity index (χ1n) is 8.76. The molecule has 7 heteroatoms. The Balaban J connectivity index is 2.09. The van der Waals surface area contributed by atoms with E-state index < -0.39 is 21.7 Å². The number of carbonyl (C=O) groups excluding carboxylic acids is 1. The molecule has 0 radical (unpaired) electrons. The standard InChI is InChI=1S/C20H25FN2O3S/c1-15(2)13-19(16-7-5-4-6-8-16)22-20(24)14-23(3)27(25,26)18-11-9-17(21)10-12-18/h4-12,15,19H,13-14H2,1-3H3,(H,22,24).